The number of nitrogen functional groups attached to an aromatic ring is 1. The minimum absolute atomic E-state index is 0.177. The molecule has 1 aromatic carbocycles. The minimum atomic E-state index is -0.177. The van der Waals surface area contributed by atoms with Gasteiger partial charge in [-0.1, -0.05) is 18.2 Å². The van der Waals surface area contributed by atoms with E-state index >= 15 is 0 Å². The molecule has 0 spiro atoms. The Balaban J connectivity index is 2.29. The number of nitrogens with zero attached hydrogens (tertiary/aromatic N) is 1. The Labute approximate surface area is 91.6 Å². The number of anilines is 1. The van der Waals surface area contributed by atoms with Crippen molar-refractivity contribution in [3.63, 3.8) is 0 Å². The van der Waals surface area contributed by atoms with Crippen molar-refractivity contribution in [1.82, 2.24) is 4.98 Å². The van der Waals surface area contributed by atoms with Gasteiger partial charge in [0.05, 0.1) is 5.69 Å². The van der Waals surface area contributed by atoms with Crippen LogP contribution in [0.25, 0.3) is 0 Å². The van der Waals surface area contributed by atoms with E-state index in [1.54, 1.807) is 12.1 Å². The molecular weight excluding hydrogens is 211 g/mol. The summed E-state index contributed by atoms with van der Waals surface area (Å²) in [7, 11) is 0. The molecule has 2 rings (SSSR count). The molecule has 0 saturated heterocycles. The fraction of sp³-hybridized carbons (Fsp3) is 0.182. The van der Waals surface area contributed by atoms with Crippen LogP contribution < -0.4 is 5.73 Å². The van der Waals surface area contributed by atoms with Crippen LogP contribution in [0.1, 0.15) is 16.1 Å². The van der Waals surface area contributed by atoms with Gasteiger partial charge >= 0.3 is 0 Å². The number of rotatable bonds is 2. The first-order valence-corrected chi connectivity index (χ1v) is 5.43. The normalized spacial score (nSPS) is 10.5. The standard InChI is InChI=1S/C11H11FN2S/c1-7-10(15-11(13)14-7)6-8-4-2-3-5-9(8)12/h2-5H,6H2,1H3,(H2,13,14). The van der Waals surface area contributed by atoms with Crippen molar-refractivity contribution >= 4 is 16.5 Å². The highest BCUT2D eigenvalue weighted by Gasteiger charge is 2.08. The Kier molecular flexibility index (Phi) is 2.68. The van der Waals surface area contributed by atoms with E-state index in [-0.39, 0.29) is 5.82 Å². The first kappa shape index (κ1) is 10.1. The maximum absolute atomic E-state index is 13.4. The fourth-order valence-corrected chi connectivity index (χ4v) is 2.29. The molecule has 2 aromatic rings. The average molecular weight is 222 g/mol. The molecule has 2 N–H and O–H groups in total. The first-order chi connectivity index (χ1) is 7.16. The van der Waals surface area contributed by atoms with Crippen molar-refractivity contribution < 1.29 is 4.39 Å². The summed E-state index contributed by atoms with van der Waals surface area (Å²) in [5.74, 6) is -0.177. The second kappa shape index (κ2) is 3.98. The Morgan fingerprint density at radius 1 is 1.40 bits per heavy atom. The Hall–Kier alpha value is -1.42. The van der Waals surface area contributed by atoms with Crippen LogP contribution in [-0.2, 0) is 6.42 Å². The third kappa shape index (κ3) is 2.15. The number of aryl methyl sites for hydroxylation is 1. The number of hydrogen-bond donors (Lipinski definition) is 1. The van der Waals surface area contributed by atoms with Gasteiger partial charge in [0.2, 0.25) is 0 Å². The predicted octanol–water partition coefficient (Wildman–Crippen LogP) is 2.76. The monoisotopic (exact) mass is 222 g/mol. The molecular formula is C11H11FN2S. The van der Waals surface area contributed by atoms with Gasteiger partial charge in [0.1, 0.15) is 5.82 Å². The third-order valence-corrected chi connectivity index (χ3v) is 3.20. The smallest absolute Gasteiger partial charge is 0.180 e. The zero-order valence-corrected chi connectivity index (χ0v) is 9.14. The van der Waals surface area contributed by atoms with Gasteiger partial charge < -0.3 is 5.73 Å². The van der Waals surface area contributed by atoms with E-state index in [2.05, 4.69) is 4.98 Å². The first-order valence-electron chi connectivity index (χ1n) is 4.62. The summed E-state index contributed by atoms with van der Waals surface area (Å²) in [5, 5.41) is 0.541. The summed E-state index contributed by atoms with van der Waals surface area (Å²) in [6.07, 6.45) is 0.563. The predicted molar refractivity (Wildman–Crippen MR) is 60.5 cm³/mol. The van der Waals surface area contributed by atoms with E-state index in [1.807, 2.05) is 13.0 Å². The van der Waals surface area contributed by atoms with Crippen LogP contribution in [0.15, 0.2) is 24.3 Å². The lowest BCUT2D eigenvalue weighted by Gasteiger charge is -2.00. The molecule has 2 nitrogen and oxygen atoms in total. The van der Waals surface area contributed by atoms with E-state index in [0.29, 0.717) is 17.1 Å². The molecule has 78 valence electrons. The molecule has 0 aliphatic rings. The number of halogens is 1. The molecule has 0 fully saturated rings. The third-order valence-electron chi connectivity index (χ3n) is 2.22. The molecule has 1 heterocycles. The topological polar surface area (TPSA) is 38.9 Å². The molecule has 0 unspecified atom stereocenters. The van der Waals surface area contributed by atoms with Gasteiger partial charge in [-0.3, -0.25) is 0 Å². The second-order valence-electron chi connectivity index (χ2n) is 3.33. The second-order valence-corrected chi connectivity index (χ2v) is 4.44. The van der Waals surface area contributed by atoms with Crippen LogP contribution in [0, 0.1) is 12.7 Å². The van der Waals surface area contributed by atoms with Crippen LogP contribution in [0.4, 0.5) is 9.52 Å². The van der Waals surface area contributed by atoms with E-state index in [9.17, 15) is 4.39 Å². The van der Waals surface area contributed by atoms with Gasteiger partial charge in [-0.25, -0.2) is 9.37 Å². The van der Waals surface area contributed by atoms with Gasteiger partial charge in [-0.2, -0.15) is 0 Å². The van der Waals surface area contributed by atoms with E-state index < -0.39 is 0 Å². The van der Waals surface area contributed by atoms with Gasteiger partial charge in [0.25, 0.3) is 0 Å². The van der Waals surface area contributed by atoms with Gasteiger partial charge in [-0.15, -0.1) is 11.3 Å². The SMILES string of the molecule is Cc1nc(N)sc1Cc1ccccc1F. The van der Waals surface area contributed by atoms with Crippen LogP contribution in [0.3, 0.4) is 0 Å². The van der Waals surface area contributed by atoms with Crippen LogP contribution in [0.2, 0.25) is 0 Å². The molecule has 0 radical (unpaired) electrons. The summed E-state index contributed by atoms with van der Waals surface area (Å²) in [5.41, 5.74) is 7.16. The van der Waals surface area contributed by atoms with Crippen LogP contribution in [0.5, 0.6) is 0 Å². The number of benzene rings is 1. The van der Waals surface area contributed by atoms with Crippen LogP contribution >= 0.6 is 11.3 Å². The average Bonchev–Trinajstić information content (AvgIpc) is 2.49. The largest absolute Gasteiger partial charge is 0.375 e. The lowest BCUT2D eigenvalue weighted by atomic mass is 10.1. The maximum Gasteiger partial charge on any atom is 0.180 e. The quantitative estimate of drug-likeness (QED) is 0.848. The summed E-state index contributed by atoms with van der Waals surface area (Å²) < 4.78 is 13.4. The Morgan fingerprint density at radius 3 is 2.73 bits per heavy atom. The van der Waals surface area contributed by atoms with Crippen molar-refractivity contribution in [2.75, 3.05) is 5.73 Å². The van der Waals surface area contributed by atoms with Gasteiger partial charge in [-0.05, 0) is 18.6 Å². The van der Waals surface area contributed by atoms with Gasteiger partial charge in [0, 0.05) is 11.3 Å². The fourth-order valence-electron chi connectivity index (χ4n) is 1.43. The van der Waals surface area contributed by atoms with Crippen LogP contribution in [-0.4, -0.2) is 4.98 Å². The molecule has 15 heavy (non-hydrogen) atoms. The zero-order chi connectivity index (χ0) is 10.8. The molecule has 0 amide bonds. The summed E-state index contributed by atoms with van der Waals surface area (Å²) in [6.45, 7) is 1.89. The number of thiazole rings is 1. The molecule has 4 heteroatoms. The lowest BCUT2D eigenvalue weighted by Crippen LogP contribution is -1.91. The summed E-state index contributed by atoms with van der Waals surface area (Å²) in [6, 6.07) is 6.77. The molecule has 0 aliphatic carbocycles. The van der Waals surface area contributed by atoms with Gasteiger partial charge in [0.15, 0.2) is 5.13 Å². The maximum atomic E-state index is 13.4. The van der Waals surface area contributed by atoms with Crippen molar-refractivity contribution in [3.05, 3.63) is 46.2 Å². The molecule has 0 atom stereocenters. The van der Waals surface area contributed by atoms with E-state index in [1.165, 1.54) is 17.4 Å². The molecule has 1 aromatic heterocycles. The highest BCUT2D eigenvalue weighted by atomic mass is 32.1. The number of aromatic nitrogens is 1. The Bertz CT molecular complexity index is 479. The number of hydrogen-bond acceptors (Lipinski definition) is 3. The molecule has 0 aliphatic heterocycles. The van der Waals surface area contributed by atoms with Crippen molar-refractivity contribution in [2.45, 2.75) is 13.3 Å². The van der Waals surface area contributed by atoms with Crippen molar-refractivity contribution in [1.29, 1.82) is 0 Å². The lowest BCUT2D eigenvalue weighted by molar-refractivity contribution is 0.614. The molecule has 0 bridgehead atoms. The minimum Gasteiger partial charge on any atom is -0.375 e. The summed E-state index contributed by atoms with van der Waals surface area (Å²) >= 11 is 1.42. The zero-order valence-electron chi connectivity index (χ0n) is 8.33. The molecule has 0 saturated carbocycles. The Morgan fingerprint density at radius 2 is 2.13 bits per heavy atom. The van der Waals surface area contributed by atoms with Crippen molar-refractivity contribution in [2.24, 2.45) is 0 Å². The summed E-state index contributed by atoms with van der Waals surface area (Å²) in [4.78, 5) is 5.14. The van der Waals surface area contributed by atoms with E-state index in [0.717, 1.165) is 10.6 Å². The number of nitrogens with two attached hydrogens (primary N) is 1. The highest BCUT2D eigenvalue weighted by molar-refractivity contribution is 7.15. The highest BCUT2D eigenvalue weighted by Crippen LogP contribution is 2.23. The van der Waals surface area contributed by atoms with Crippen molar-refractivity contribution in [3.8, 4) is 0 Å². The van der Waals surface area contributed by atoms with E-state index in [4.69, 9.17) is 5.73 Å².